The SMILES string of the molecule is CN(C)CCCNc1nc2ccc(F)cn2n1. The third kappa shape index (κ3) is 3.13. The summed E-state index contributed by atoms with van der Waals surface area (Å²) in [6, 6.07) is 2.98. The predicted octanol–water partition coefficient (Wildman–Crippen LogP) is 1.23. The van der Waals surface area contributed by atoms with Gasteiger partial charge in [-0.05, 0) is 39.2 Å². The summed E-state index contributed by atoms with van der Waals surface area (Å²) >= 11 is 0. The molecule has 0 saturated heterocycles. The lowest BCUT2D eigenvalue weighted by atomic mass is 10.4. The molecule has 17 heavy (non-hydrogen) atoms. The molecule has 0 aliphatic rings. The molecule has 2 heterocycles. The van der Waals surface area contributed by atoms with Gasteiger partial charge < -0.3 is 10.2 Å². The van der Waals surface area contributed by atoms with E-state index in [2.05, 4.69) is 20.3 Å². The molecule has 2 rings (SSSR count). The Labute approximate surface area is 99.3 Å². The van der Waals surface area contributed by atoms with E-state index in [4.69, 9.17) is 0 Å². The fraction of sp³-hybridized carbons (Fsp3) is 0.455. The van der Waals surface area contributed by atoms with Crippen LogP contribution in [-0.2, 0) is 0 Å². The zero-order valence-corrected chi connectivity index (χ0v) is 10.0. The maximum absolute atomic E-state index is 12.9. The molecule has 0 spiro atoms. The van der Waals surface area contributed by atoms with Gasteiger partial charge >= 0.3 is 0 Å². The van der Waals surface area contributed by atoms with Crippen molar-refractivity contribution < 1.29 is 4.39 Å². The monoisotopic (exact) mass is 237 g/mol. The number of nitrogens with one attached hydrogen (secondary N) is 1. The predicted molar refractivity (Wildman–Crippen MR) is 64.6 cm³/mol. The summed E-state index contributed by atoms with van der Waals surface area (Å²) in [6.45, 7) is 1.81. The second-order valence-corrected chi connectivity index (χ2v) is 4.17. The molecule has 0 radical (unpaired) electrons. The first kappa shape index (κ1) is 11.8. The molecule has 0 aliphatic heterocycles. The van der Waals surface area contributed by atoms with Gasteiger partial charge in [-0.15, -0.1) is 5.10 Å². The summed E-state index contributed by atoms with van der Waals surface area (Å²) in [5, 5.41) is 7.25. The molecule has 0 saturated carbocycles. The van der Waals surface area contributed by atoms with Crippen LogP contribution in [0.3, 0.4) is 0 Å². The summed E-state index contributed by atoms with van der Waals surface area (Å²) in [5.41, 5.74) is 0.640. The number of rotatable bonds is 5. The first-order chi connectivity index (χ1) is 8.15. The van der Waals surface area contributed by atoms with Crippen molar-refractivity contribution in [2.45, 2.75) is 6.42 Å². The van der Waals surface area contributed by atoms with Gasteiger partial charge in [0, 0.05) is 6.54 Å². The Balaban J connectivity index is 1.95. The fourth-order valence-electron chi connectivity index (χ4n) is 1.53. The lowest BCUT2D eigenvalue weighted by Crippen LogP contribution is -2.16. The normalized spacial score (nSPS) is 11.3. The highest BCUT2D eigenvalue weighted by Crippen LogP contribution is 2.06. The number of halogens is 1. The Hall–Kier alpha value is -1.69. The topological polar surface area (TPSA) is 45.5 Å². The van der Waals surface area contributed by atoms with Crippen molar-refractivity contribution in [3.63, 3.8) is 0 Å². The van der Waals surface area contributed by atoms with E-state index in [9.17, 15) is 4.39 Å². The number of pyridine rings is 1. The van der Waals surface area contributed by atoms with Crippen LogP contribution in [0.2, 0.25) is 0 Å². The molecule has 2 aromatic heterocycles. The van der Waals surface area contributed by atoms with Gasteiger partial charge in [-0.2, -0.15) is 4.98 Å². The average molecular weight is 237 g/mol. The molecule has 5 nitrogen and oxygen atoms in total. The second kappa shape index (κ2) is 5.09. The molecule has 0 bridgehead atoms. The molecule has 92 valence electrons. The van der Waals surface area contributed by atoms with E-state index < -0.39 is 0 Å². The Bertz CT molecular complexity index is 494. The lowest BCUT2D eigenvalue weighted by molar-refractivity contribution is 0.405. The van der Waals surface area contributed by atoms with Gasteiger partial charge in [-0.3, -0.25) is 0 Å². The van der Waals surface area contributed by atoms with E-state index in [0.29, 0.717) is 11.6 Å². The third-order valence-corrected chi connectivity index (χ3v) is 2.36. The van der Waals surface area contributed by atoms with Crippen LogP contribution in [0.1, 0.15) is 6.42 Å². The minimum atomic E-state index is -0.318. The van der Waals surface area contributed by atoms with Crippen molar-refractivity contribution in [2.24, 2.45) is 0 Å². The summed E-state index contributed by atoms with van der Waals surface area (Å²) in [4.78, 5) is 6.35. The van der Waals surface area contributed by atoms with Gasteiger partial charge in [-0.1, -0.05) is 0 Å². The van der Waals surface area contributed by atoms with Gasteiger partial charge in [0.05, 0.1) is 6.20 Å². The van der Waals surface area contributed by atoms with Crippen LogP contribution >= 0.6 is 0 Å². The molecule has 1 N–H and O–H groups in total. The summed E-state index contributed by atoms with van der Waals surface area (Å²) in [6.07, 6.45) is 2.32. The van der Waals surface area contributed by atoms with Crippen LogP contribution in [0, 0.1) is 5.82 Å². The maximum Gasteiger partial charge on any atom is 0.243 e. The van der Waals surface area contributed by atoms with Crippen LogP contribution < -0.4 is 5.32 Å². The molecular weight excluding hydrogens is 221 g/mol. The standard InChI is InChI=1S/C11H16FN5/c1-16(2)7-3-6-13-11-14-10-5-4-9(12)8-17(10)15-11/h4-5,8H,3,6-7H2,1-2H3,(H,13,15). The molecule has 0 aromatic carbocycles. The number of anilines is 1. The highest BCUT2D eigenvalue weighted by molar-refractivity contribution is 5.42. The largest absolute Gasteiger partial charge is 0.353 e. The molecule has 2 aromatic rings. The van der Waals surface area contributed by atoms with Crippen molar-refractivity contribution in [1.82, 2.24) is 19.5 Å². The number of hydrogen-bond donors (Lipinski definition) is 1. The van der Waals surface area contributed by atoms with Gasteiger partial charge in [0.2, 0.25) is 5.95 Å². The van der Waals surface area contributed by atoms with Crippen LogP contribution in [0.5, 0.6) is 0 Å². The molecular formula is C11H16FN5. The number of aromatic nitrogens is 3. The smallest absolute Gasteiger partial charge is 0.243 e. The summed E-state index contributed by atoms with van der Waals surface area (Å²) in [5.74, 6) is 0.218. The van der Waals surface area contributed by atoms with Gasteiger partial charge in [0.1, 0.15) is 5.82 Å². The van der Waals surface area contributed by atoms with Crippen LogP contribution in [0.25, 0.3) is 5.65 Å². The van der Waals surface area contributed by atoms with Gasteiger partial charge in [0.15, 0.2) is 5.65 Å². The summed E-state index contributed by atoms with van der Waals surface area (Å²) < 4.78 is 14.4. The van der Waals surface area contributed by atoms with Crippen LogP contribution in [0.15, 0.2) is 18.3 Å². The van der Waals surface area contributed by atoms with Crippen molar-refractivity contribution >= 4 is 11.6 Å². The van der Waals surface area contributed by atoms with Crippen molar-refractivity contribution in [2.75, 3.05) is 32.5 Å². The van der Waals surface area contributed by atoms with Crippen LogP contribution in [-0.4, -0.2) is 46.7 Å². The number of nitrogens with zero attached hydrogens (tertiary/aromatic N) is 4. The van der Waals surface area contributed by atoms with Crippen molar-refractivity contribution in [3.05, 3.63) is 24.1 Å². The number of hydrogen-bond acceptors (Lipinski definition) is 4. The number of fused-ring (bicyclic) bond motifs is 1. The Morgan fingerprint density at radius 1 is 1.41 bits per heavy atom. The first-order valence-electron chi connectivity index (χ1n) is 5.56. The molecule has 0 unspecified atom stereocenters. The Kier molecular flexibility index (Phi) is 3.53. The fourth-order valence-corrected chi connectivity index (χ4v) is 1.53. The van der Waals surface area contributed by atoms with E-state index in [-0.39, 0.29) is 5.82 Å². The molecule has 0 aliphatic carbocycles. The van der Waals surface area contributed by atoms with E-state index >= 15 is 0 Å². The molecule has 0 fully saturated rings. The zero-order valence-electron chi connectivity index (χ0n) is 10.0. The molecule has 6 heteroatoms. The minimum Gasteiger partial charge on any atom is -0.353 e. The summed E-state index contributed by atoms with van der Waals surface area (Å²) in [7, 11) is 4.07. The van der Waals surface area contributed by atoms with E-state index in [1.165, 1.54) is 16.8 Å². The van der Waals surface area contributed by atoms with Crippen LogP contribution in [0.4, 0.5) is 10.3 Å². The second-order valence-electron chi connectivity index (χ2n) is 4.17. The highest BCUT2D eigenvalue weighted by atomic mass is 19.1. The molecule has 0 amide bonds. The molecule has 0 atom stereocenters. The van der Waals surface area contributed by atoms with E-state index in [1.54, 1.807) is 6.07 Å². The van der Waals surface area contributed by atoms with Crippen molar-refractivity contribution in [3.8, 4) is 0 Å². The maximum atomic E-state index is 12.9. The average Bonchev–Trinajstić information content (AvgIpc) is 2.66. The first-order valence-corrected chi connectivity index (χ1v) is 5.56. The zero-order chi connectivity index (χ0) is 12.3. The highest BCUT2D eigenvalue weighted by Gasteiger charge is 2.03. The van der Waals surface area contributed by atoms with E-state index in [1.807, 2.05) is 14.1 Å². The Morgan fingerprint density at radius 2 is 2.24 bits per heavy atom. The lowest BCUT2D eigenvalue weighted by Gasteiger charge is -2.08. The van der Waals surface area contributed by atoms with Crippen molar-refractivity contribution in [1.29, 1.82) is 0 Å². The quantitative estimate of drug-likeness (QED) is 0.794. The van der Waals surface area contributed by atoms with Gasteiger partial charge in [0.25, 0.3) is 0 Å². The van der Waals surface area contributed by atoms with E-state index in [0.717, 1.165) is 19.5 Å². The third-order valence-electron chi connectivity index (χ3n) is 2.36. The van der Waals surface area contributed by atoms with Gasteiger partial charge in [-0.25, -0.2) is 8.91 Å². The Morgan fingerprint density at radius 3 is 3.00 bits per heavy atom. The minimum absolute atomic E-state index is 0.318.